The van der Waals surface area contributed by atoms with E-state index in [-0.39, 0.29) is 6.61 Å². The van der Waals surface area contributed by atoms with Crippen molar-refractivity contribution in [2.24, 2.45) is 5.73 Å². The first kappa shape index (κ1) is 25.8. The maximum Gasteiger partial charge on any atom is 0.328 e. The Kier molecular flexibility index (Phi) is 9.60. The quantitative estimate of drug-likeness (QED) is 0.277. The number of aliphatic carboxylic acids is 1. The van der Waals surface area contributed by atoms with E-state index in [1.807, 2.05) is 72.8 Å². The van der Waals surface area contributed by atoms with Gasteiger partial charge in [-0.3, -0.25) is 0 Å². The molecule has 34 heavy (non-hydrogen) atoms. The summed E-state index contributed by atoms with van der Waals surface area (Å²) in [6, 6.07) is 23.9. The molecule has 0 radical (unpaired) electrons. The van der Waals surface area contributed by atoms with Gasteiger partial charge < -0.3 is 20.7 Å². The lowest BCUT2D eigenvalue weighted by Gasteiger charge is -2.23. The summed E-state index contributed by atoms with van der Waals surface area (Å²) in [4.78, 5) is 12.8. The fourth-order valence-electron chi connectivity index (χ4n) is 3.36. The first-order valence-electron chi connectivity index (χ1n) is 10.9. The summed E-state index contributed by atoms with van der Waals surface area (Å²) in [7, 11) is 0. The van der Waals surface area contributed by atoms with Gasteiger partial charge in [-0.1, -0.05) is 71.9 Å². The van der Waals surface area contributed by atoms with Crippen LogP contribution >= 0.6 is 23.4 Å². The van der Waals surface area contributed by atoms with Gasteiger partial charge in [0.2, 0.25) is 0 Å². The average Bonchev–Trinajstić information content (AvgIpc) is 2.84. The molecular formula is C27H28ClNO4S. The smallest absolute Gasteiger partial charge is 0.328 e. The normalized spacial score (nSPS) is 13.0. The number of hydrogen-bond acceptors (Lipinski definition) is 5. The molecule has 0 spiro atoms. The third-order valence-corrected chi connectivity index (χ3v) is 6.59. The molecule has 0 saturated carbocycles. The van der Waals surface area contributed by atoms with Gasteiger partial charge in [-0.2, -0.15) is 0 Å². The number of aliphatic hydroxyl groups excluding tert-OH is 1. The van der Waals surface area contributed by atoms with Crippen LogP contribution in [-0.2, 0) is 17.8 Å². The molecule has 0 saturated heterocycles. The average molecular weight is 498 g/mol. The van der Waals surface area contributed by atoms with Crippen molar-refractivity contribution in [1.29, 1.82) is 0 Å². The van der Waals surface area contributed by atoms with Crippen LogP contribution in [0.3, 0.4) is 0 Å². The topological polar surface area (TPSA) is 92.8 Å². The standard InChI is InChI=1S/C27H28ClNO4S/c28-25-17-24(12-11-21(25)8-5-14-27(29,19-30)15-13-26(31)32)34-23-10-4-9-22(16-23)33-18-20-6-2-1-3-7-20/h1-4,6-7,9-13,15-17,30H,5,8,14,18-19,29H2,(H,31,32)/b15-13+. The molecule has 4 N–H and O–H groups in total. The minimum atomic E-state index is -1.09. The number of aryl methyl sites for hydroxylation is 1. The van der Waals surface area contributed by atoms with E-state index < -0.39 is 11.5 Å². The van der Waals surface area contributed by atoms with Crippen molar-refractivity contribution in [3.8, 4) is 5.75 Å². The largest absolute Gasteiger partial charge is 0.489 e. The van der Waals surface area contributed by atoms with E-state index in [9.17, 15) is 9.90 Å². The van der Waals surface area contributed by atoms with Crippen LogP contribution in [0.1, 0.15) is 24.0 Å². The van der Waals surface area contributed by atoms with E-state index in [1.54, 1.807) is 11.8 Å². The molecule has 3 aromatic rings. The van der Waals surface area contributed by atoms with Crippen molar-refractivity contribution in [2.45, 2.75) is 41.2 Å². The molecule has 3 aromatic carbocycles. The Labute approximate surface area is 209 Å². The fraction of sp³-hybridized carbons (Fsp3) is 0.222. The van der Waals surface area contributed by atoms with E-state index in [1.165, 1.54) is 6.08 Å². The Hall–Kier alpha value is -2.77. The predicted octanol–water partition coefficient (Wildman–Crippen LogP) is 5.72. The predicted molar refractivity (Wildman–Crippen MR) is 137 cm³/mol. The van der Waals surface area contributed by atoms with Crippen molar-refractivity contribution in [1.82, 2.24) is 0 Å². The zero-order valence-corrected chi connectivity index (χ0v) is 20.3. The maximum atomic E-state index is 10.7. The van der Waals surface area contributed by atoms with Crippen LogP contribution < -0.4 is 10.5 Å². The maximum absolute atomic E-state index is 10.7. The van der Waals surface area contributed by atoms with Gasteiger partial charge in [0.25, 0.3) is 0 Å². The number of carboxylic acids is 1. The number of aliphatic hydroxyl groups is 1. The Morgan fingerprint density at radius 2 is 1.82 bits per heavy atom. The summed E-state index contributed by atoms with van der Waals surface area (Å²) in [6.45, 7) is 0.191. The van der Waals surface area contributed by atoms with Gasteiger partial charge >= 0.3 is 5.97 Å². The van der Waals surface area contributed by atoms with Gasteiger partial charge in [0.1, 0.15) is 12.4 Å². The number of nitrogens with two attached hydrogens (primary N) is 1. The second kappa shape index (κ2) is 12.6. The molecule has 1 atom stereocenters. The molecule has 0 aliphatic rings. The summed E-state index contributed by atoms with van der Waals surface area (Å²) >= 11 is 8.13. The highest BCUT2D eigenvalue weighted by Crippen LogP contribution is 2.33. The first-order valence-corrected chi connectivity index (χ1v) is 12.1. The number of halogens is 1. The van der Waals surface area contributed by atoms with Crippen LogP contribution in [0.2, 0.25) is 5.02 Å². The van der Waals surface area contributed by atoms with Crippen LogP contribution in [-0.4, -0.2) is 28.3 Å². The Morgan fingerprint density at radius 1 is 1.06 bits per heavy atom. The third kappa shape index (κ3) is 8.22. The molecule has 1 unspecified atom stereocenters. The lowest BCUT2D eigenvalue weighted by molar-refractivity contribution is -0.131. The Balaban J connectivity index is 1.56. The second-order valence-corrected chi connectivity index (χ2v) is 9.57. The molecule has 5 nitrogen and oxygen atoms in total. The summed E-state index contributed by atoms with van der Waals surface area (Å²) in [5, 5.41) is 19.0. The van der Waals surface area contributed by atoms with Gasteiger partial charge in [0, 0.05) is 20.9 Å². The lowest BCUT2D eigenvalue weighted by atomic mass is 9.93. The van der Waals surface area contributed by atoms with Crippen LogP contribution in [0.25, 0.3) is 0 Å². The highest BCUT2D eigenvalue weighted by Gasteiger charge is 2.20. The van der Waals surface area contributed by atoms with Crippen molar-refractivity contribution in [3.05, 3.63) is 101 Å². The second-order valence-electron chi connectivity index (χ2n) is 8.02. The first-order chi connectivity index (χ1) is 16.4. The molecule has 0 bridgehead atoms. The molecule has 3 rings (SSSR count). The molecule has 0 amide bonds. The zero-order valence-electron chi connectivity index (χ0n) is 18.7. The molecule has 0 aliphatic carbocycles. The molecule has 0 heterocycles. The third-order valence-electron chi connectivity index (χ3n) is 5.25. The van der Waals surface area contributed by atoms with E-state index in [0.717, 1.165) is 32.7 Å². The van der Waals surface area contributed by atoms with Crippen molar-refractivity contribution in [2.75, 3.05) is 6.61 Å². The highest BCUT2D eigenvalue weighted by molar-refractivity contribution is 7.99. The molecule has 0 fully saturated rings. The Bertz CT molecular complexity index is 1120. The van der Waals surface area contributed by atoms with Gasteiger partial charge in [-0.15, -0.1) is 0 Å². The Morgan fingerprint density at radius 3 is 2.53 bits per heavy atom. The number of carbonyl (C=O) groups is 1. The minimum Gasteiger partial charge on any atom is -0.489 e. The van der Waals surface area contributed by atoms with Crippen LogP contribution in [0.5, 0.6) is 5.75 Å². The van der Waals surface area contributed by atoms with Gasteiger partial charge in [-0.05, 0) is 60.7 Å². The fourth-order valence-corrected chi connectivity index (χ4v) is 4.61. The number of hydrogen-bond donors (Lipinski definition) is 3. The van der Waals surface area contributed by atoms with Crippen molar-refractivity contribution >= 4 is 29.3 Å². The number of rotatable bonds is 12. The van der Waals surface area contributed by atoms with Crippen molar-refractivity contribution < 1.29 is 19.7 Å². The zero-order chi connectivity index (χ0) is 24.4. The van der Waals surface area contributed by atoms with E-state index in [4.69, 9.17) is 27.2 Å². The number of benzene rings is 3. The van der Waals surface area contributed by atoms with Crippen molar-refractivity contribution in [3.63, 3.8) is 0 Å². The summed E-state index contributed by atoms with van der Waals surface area (Å²) in [5.74, 6) is -0.282. The summed E-state index contributed by atoms with van der Waals surface area (Å²) < 4.78 is 5.92. The van der Waals surface area contributed by atoms with Crippen LogP contribution in [0.15, 0.2) is 94.7 Å². The lowest BCUT2D eigenvalue weighted by Crippen LogP contribution is -2.41. The van der Waals surface area contributed by atoms with Crippen LogP contribution in [0, 0.1) is 0 Å². The SMILES string of the molecule is NC(/C=C/C(=O)O)(CO)CCCc1ccc(Sc2cccc(OCc3ccccc3)c2)cc1Cl. The summed E-state index contributed by atoms with van der Waals surface area (Å²) in [6.07, 6.45) is 4.08. The van der Waals surface area contributed by atoms with Crippen LogP contribution in [0.4, 0.5) is 0 Å². The molecule has 7 heteroatoms. The molecule has 178 valence electrons. The van der Waals surface area contributed by atoms with Gasteiger partial charge in [-0.25, -0.2) is 4.79 Å². The number of carboxylic acid groups (broad SMARTS) is 1. The molecule has 0 aliphatic heterocycles. The minimum absolute atomic E-state index is 0.325. The molecular weight excluding hydrogens is 470 g/mol. The summed E-state index contributed by atoms with van der Waals surface area (Å²) in [5.41, 5.74) is 7.11. The molecule has 0 aromatic heterocycles. The monoisotopic (exact) mass is 497 g/mol. The highest BCUT2D eigenvalue weighted by atomic mass is 35.5. The van der Waals surface area contributed by atoms with E-state index >= 15 is 0 Å². The van der Waals surface area contributed by atoms with E-state index in [0.29, 0.717) is 30.9 Å². The number of ether oxygens (including phenoxy) is 1. The van der Waals surface area contributed by atoms with Gasteiger partial charge in [0.05, 0.1) is 12.1 Å². The van der Waals surface area contributed by atoms with E-state index in [2.05, 4.69) is 0 Å². The van der Waals surface area contributed by atoms with Gasteiger partial charge in [0.15, 0.2) is 0 Å².